The SMILES string of the molecule is COc1ccc(/C=C2\SC(=O)N(CC(=O)Nc3ccc(F)cc3)C2=O)cc1. The molecule has 138 valence electrons. The molecule has 0 radical (unpaired) electrons. The number of methoxy groups -OCH3 is 1. The van der Waals surface area contributed by atoms with Gasteiger partial charge in [0.1, 0.15) is 18.1 Å². The van der Waals surface area contributed by atoms with E-state index in [2.05, 4.69) is 5.32 Å². The smallest absolute Gasteiger partial charge is 0.294 e. The first-order valence-corrected chi connectivity index (χ1v) is 8.73. The number of rotatable bonds is 5. The average Bonchev–Trinajstić information content (AvgIpc) is 2.91. The molecule has 0 saturated carbocycles. The summed E-state index contributed by atoms with van der Waals surface area (Å²) >= 11 is 0.775. The lowest BCUT2D eigenvalue weighted by Crippen LogP contribution is -2.36. The molecule has 27 heavy (non-hydrogen) atoms. The van der Waals surface area contributed by atoms with Crippen LogP contribution in [-0.2, 0) is 9.59 Å². The van der Waals surface area contributed by atoms with E-state index in [1.807, 2.05) is 0 Å². The van der Waals surface area contributed by atoms with Crippen molar-refractivity contribution in [1.82, 2.24) is 4.90 Å². The van der Waals surface area contributed by atoms with E-state index in [-0.39, 0.29) is 4.91 Å². The topological polar surface area (TPSA) is 75.7 Å². The van der Waals surface area contributed by atoms with Crippen LogP contribution in [0.5, 0.6) is 5.75 Å². The predicted octanol–water partition coefficient (Wildman–Crippen LogP) is 3.51. The Kier molecular flexibility index (Phi) is 5.56. The van der Waals surface area contributed by atoms with Gasteiger partial charge < -0.3 is 10.1 Å². The van der Waals surface area contributed by atoms with Gasteiger partial charge in [-0.2, -0.15) is 0 Å². The molecule has 0 aromatic heterocycles. The summed E-state index contributed by atoms with van der Waals surface area (Å²) in [6, 6.07) is 12.2. The van der Waals surface area contributed by atoms with E-state index in [9.17, 15) is 18.8 Å². The number of hydrogen-bond donors (Lipinski definition) is 1. The number of halogens is 1. The monoisotopic (exact) mass is 386 g/mol. The highest BCUT2D eigenvalue weighted by Crippen LogP contribution is 2.32. The maximum Gasteiger partial charge on any atom is 0.294 e. The van der Waals surface area contributed by atoms with E-state index in [0.717, 1.165) is 22.2 Å². The number of carbonyl (C=O) groups is 3. The van der Waals surface area contributed by atoms with Crippen molar-refractivity contribution in [2.45, 2.75) is 0 Å². The van der Waals surface area contributed by atoms with Gasteiger partial charge in [0.15, 0.2) is 0 Å². The molecule has 3 amide bonds. The molecule has 0 spiro atoms. The normalized spacial score (nSPS) is 15.3. The van der Waals surface area contributed by atoms with Crippen LogP contribution in [0.3, 0.4) is 0 Å². The van der Waals surface area contributed by atoms with Crippen LogP contribution in [0.15, 0.2) is 53.4 Å². The van der Waals surface area contributed by atoms with Gasteiger partial charge in [0.25, 0.3) is 11.1 Å². The van der Waals surface area contributed by atoms with Gasteiger partial charge in [0.2, 0.25) is 5.91 Å². The van der Waals surface area contributed by atoms with Crippen molar-refractivity contribution in [1.29, 1.82) is 0 Å². The fraction of sp³-hybridized carbons (Fsp3) is 0.105. The van der Waals surface area contributed by atoms with Crippen molar-refractivity contribution < 1.29 is 23.5 Å². The van der Waals surface area contributed by atoms with E-state index in [4.69, 9.17) is 4.74 Å². The summed E-state index contributed by atoms with van der Waals surface area (Å²) < 4.78 is 18.0. The molecule has 1 heterocycles. The van der Waals surface area contributed by atoms with Gasteiger partial charge >= 0.3 is 0 Å². The lowest BCUT2D eigenvalue weighted by Gasteiger charge is -2.12. The first-order valence-electron chi connectivity index (χ1n) is 7.91. The molecule has 1 N–H and O–H groups in total. The maximum absolute atomic E-state index is 12.9. The number of thioether (sulfide) groups is 1. The van der Waals surface area contributed by atoms with Crippen molar-refractivity contribution in [3.8, 4) is 5.75 Å². The largest absolute Gasteiger partial charge is 0.497 e. The molecule has 8 heteroatoms. The number of hydrogen-bond acceptors (Lipinski definition) is 5. The zero-order valence-electron chi connectivity index (χ0n) is 14.3. The van der Waals surface area contributed by atoms with Gasteiger partial charge in [0.05, 0.1) is 12.0 Å². The van der Waals surface area contributed by atoms with Gasteiger partial charge in [-0.3, -0.25) is 19.3 Å². The molecule has 1 aliphatic heterocycles. The van der Waals surface area contributed by atoms with Crippen LogP contribution in [0.1, 0.15) is 5.56 Å². The van der Waals surface area contributed by atoms with E-state index >= 15 is 0 Å². The van der Waals surface area contributed by atoms with Crippen molar-refractivity contribution >= 4 is 40.6 Å². The molecule has 0 bridgehead atoms. The Morgan fingerprint density at radius 3 is 2.44 bits per heavy atom. The molecule has 2 aromatic carbocycles. The summed E-state index contributed by atoms with van der Waals surface area (Å²) in [5, 5.41) is 2.00. The Balaban J connectivity index is 1.67. The Morgan fingerprint density at radius 1 is 1.15 bits per heavy atom. The first-order chi connectivity index (χ1) is 13.0. The van der Waals surface area contributed by atoms with Crippen molar-refractivity contribution in [3.63, 3.8) is 0 Å². The zero-order chi connectivity index (χ0) is 19.4. The molecule has 1 saturated heterocycles. The number of amides is 3. The second-order valence-corrected chi connectivity index (χ2v) is 6.59. The Labute approximate surface area is 159 Å². The predicted molar refractivity (Wildman–Crippen MR) is 101 cm³/mol. The number of carbonyl (C=O) groups excluding carboxylic acids is 3. The third kappa shape index (κ3) is 4.53. The van der Waals surface area contributed by atoms with Crippen LogP contribution in [0.2, 0.25) is 0 Å². The minimum atomic E-state index is -0.547. The molecule has 0 atom stereocenters. The summed E-state index contributed by atoms with van der Waals surface area (Å²) in [7, 11) is 1.55. The van der Waals surface area contributed by atoms with Crippen molar-refractivity contribution in [2.24, 2.45) is 0 Å². The second kappa shape index (κ2) is 8.05. The maximum atomic E-state index is 12.9. The fourth-order valence-electron chi connectivity index (χ4n) is 2.37. The minimum absolute atomic E-state index is 0.236. The number of ether oxygens (including phenoxy) is 1. The standard InChI is InChI=1S/C19H15FN2O4S/c1-26-15-8-2-12(3-9-15)10-16-18(24)22(19(25)27-16)11-17(23)21-14-6-4-13(20)5-7-14/h2-10H,11H2,1H3,(H,21,23)/b16-10-. The first kappa shape index (κ1) is 18.7. The molecule has 6 nitrogen and oxygen atoms in total. The van der Waals surface area contributed by atoms with E-state index in [1.54, 1.807) is 37.5 Å². The summed E-state index contributed by atoms with van der Waals surface area (Å²) in [5.74, 6) is -0.829. The van der Waals surface area contributed by atoms with Crippen molar-refractivity contribution in [3.05, 3.63) is 64.8 Å². The van der Waals surface area contributed by atoms with Crippen LogP contribution in [0.25, 0.3) is 6.08 Å². The molecule has 1 aliphatic rings. The Bertz CT molecular complexity index is 910. The Hall–Kier alpha value is -3.13. The molecule has 2 aromatic rings. The van der Waals surface area contributed by atoms with Crippen molar-refractivity contribution in [2.75, 3.05) is 19.0 Å². The van der Waals surface area contributed by atoms with Crippen LogP contribution >= 0.6 is 11.8 Å². The fourth-order valence-corrected chi connectivity index (χ4v) is 3.20. The number of nitrogens with one attached hydrogen (secondary N) is 1. The quantitative estimate of drug-likeness (QED) is 0.796. The van der Waals surface area contributed by atoms with Gasteiger partial charge in [-0.15, -0.1) is 0 Å². The lowest BCUT2D eigenvalue weighted by molar-refractivity contribution is -0.127. The highest BCUT2D eigenvalue weighted by Gasteiger charge is 2.36. The second-order valence-electron chi connectivity index (χ2n) is 5.60. The van der Waals surface area contributed by atoms with Crippen LogP contribution in [0.4, 0.5) is 14.9 Å². The average molecular weight is 386 g/mol. The van der Waals surface area contributed by atoms with Gasteiger partial charge in [-0.25, -0.2) is 4.39 Å². The molecular formula is C19H15FN2O4S. The number of anilines is 1. The minimum Gasteiger partial charge on any atom is -0.497 e. The summed E-state index contributed by atoms with van der Waals surface area (Å²) in [6.45, 7) is -0.415. The van der Waals surface area contributed by atoms with E-state index in [0.29, 0.717) is 11.4 Å². The summed E-state index contributed by atoms with van der Waals surface area (Å²) in [4.78, 5) is 37.7. The van der Waals surface area contributed by atoms with E-state index in [1.165, 1.54) is 24.3 Å². The van der Waals surface area contributed by atoms with Crippen LogP contribution in [0, 0.1) is 5.82 Å². The lowest BCUT2D eigenvalue weighted by atomic mass is 10.2. The number of imide groups is 1. The van der Waals surface area contributed by atoms with Gasteiger partial charge in [-0.1, -0.05) is 12.1 Å². The highest BCUT2D eigenvalue weighted by molar-refractivity contribution is 8.18. The third-order valence-electron chi connectivity index (χ3n) is 3.72. The van der Waals surface area contributed by atoms with Crippen LogP contribution < -0.4 is 10.1 Å². The highest BCUT2D eigenvalue weighted by atomic mass is 32.2. The van der Waals surface area contributed by atoms with Crippen LogP contribution in [-0.4, -0.2) is 35.6 Å². The van der Waals surface area contributed by atoms with Gasteiger partial charge in [0, 0.05) is 5.69 Å². The molecule has 0 aliphatic carbocycles. The summed E-state index contributed by atoms with van der Waals surface area (Å²) in [6.07, 6.45) is 1.59. The molecule has 0 unspecified atom stereocenters. The molecule has 1 fully saturated rings. The molecule has 3 rings (SSSR count). The van der Waals surface area contributed by atoms with E-state index < -0.39 is 29.4 Å². The number of nitrogens with zero attached hydrogens (tertiary/aromatic N) is 1. The number of benzene rings is 2. The third-order valence-corrected chi connectivity index (χ3v) is 4.62. The summed E-state index contributed by atoms with van der Waals surface area (Å²) in [5.41, 5.74) is 1.11. The Morgan fingerprint density at radius 2 is 1.81 bits per heavy atom. The zero-order valence-corrected chi connectivity index (χ0v) is 15.1. The molecular weight excluding hydrogens is 371 g/mol. The van der Waals surface area contributed by atoms with Gasteiger partial charge in [-0.05, 0) is 59.8 Å².